The average Bonchev–Trinajstić information content (AvgIpc) is 3.55. The molecule has 7 rings (SSSR count). The zero-order valence-corrected chi connectivity index (χ0v) is 21.2. The third-order valence-electron chi connectivity index (χ3n) is 7.48. The zero-order valence-electron chi connectivity index (χ0n) is 20.4. The smallest absolute Gasteiger partial charge is 0.277 e. The van der Waals surface area contributed by atoms with Crippen molar-refractivity contribution in [2.45, 2.75) is 56.7 Å². The summed E-state index contributed by atoms with van der Waals surface area (Å²) in [6.45, 7) is 3.75. The van der Waals surface area contributed by atoms with Gasteiger partial charge in [0.15, 0.2) is 5.78 Å². The standard InChI is InChI=1S/C27H25FN4O4S/c1-15-12-31-23(20-13-29-16(2)30-14-20)10-17(15)3-5-24(33)27-19-8-22(9-19)32(27)37(34,35)26-11-18-7-21(28)4-6-25(18)36-26/h4,6-7,10-14,19,22,27H,3,5,8-9H2,1-2H3/t19?,22?,27-/m0/s1. The first-order valence-corrected chi connectivity index (χ1v) is 13.6. The van der Waals surface area contributed by atoms with Crippen LogP contribution in [0.3, 0.4) is 0 Å². The van der Waals surface area contributed by atoms with Crippen molar-refractivity contribution < 1.29 is 22.0 Å². The number of fused-ring (bicyclic) bond motifs is 2. The number of Topliss-reactive ketones (excluding diaryl/α,β-unsaturated/α-hetero) is 1. The van der Waals surface area contributed by atoms with Crippen LogP contribution in [0.5, 0.6) is 0 Å². The highest BCUT2D eigenvalue weighted by atomic mass is 32.2. The highest BCUT2D eigenvalue weighted by Crippen LogP contribution is 2.49. The molecule has 0 unspecified atom stereocenters. The minimum Gasteiger partial charge on any atom is -0.443 e. The summed E-state index contributed by atoms with van der Waals surface area (Å²) in [5.74, 6) is 0.101. The number of carbonyl (C=O) groups is 1. The summed E-state index contributed by atoms with van der Waals surface area (Å²) < 4.78 is 47.6. The van der Waals surface area contributed by atoms with Crippen molar-refractivity contribution in [3.8, 4) is 11.3 Å². The van der Waals surface area contributed by atoms with Crippen LogP contribution in [-0.2, 0) is 21.2 Å². The molecule has 0 amide bonds. The molecule has 3 aromatic heterocycles. The van der Waals surface area contributed by atoms with Gasteiger partial charge in [-0.3, -0.25) is 9.78 Å². The van der Waals surface area contributed by atoms with E-state index in [0.717, 1.165) is 22.4 Å². The van der Waals surface area contributed by atoms with E-state index in [0.29, 0.717) is 30.5 Å². The van der Waals surface area contributed by atoms with Crippen LogP contribution in [0.2, 0.25) is 0 Å². The van der Waals surface area contributed by atoms with Gasteiger partial charge in [-0.15, -0.1) is 0 Å². The van der Waals surface area contributed by atoms with Crippen LogP contribution in [0.25, 0.3) is 22.2 Å². The van der Waals surface area contributed by atoms with E-state index in [4.69, 9.17) is 4.42 Å². The Kier molecular flexibility index (Phi) is 5.68. The molecule has 190 valence electrons. The van der Waals surface area contributed by atoms with Crippen molar-refractivity contribution in [3.05, 3.63) is 71.7 Å². The third kappa shape index (κ3) is 4.14. The van der Waals surface area contributed by atoms with Gasteiger partial charge in [-0.2, -0.15) is 4.31 Å². The molecule has 1 aromatic carbocycles. The van der Waals surface area contributed by atoms with Crippen LogP contribution < -0.4 is 0 Å². The molecule has 3 aliphatic rings. The third-order valence-corrected chi connectivity index (χ3v) is 9.27. The highest BCUT2D eigenvalue weighted by Gasteiger charge is 2.58. The lowest BCUT2D eigenvalue weighted by molar-refractivity contribution is -0.122. The second kappa shape index (κ2) is 8.81. The predicted molar refractivity (Wildman–Crippen MR) is 134 cm³/mol. The molecule has 2 aliphatic heterocycles. The Morgan fingerprint density at radius 3 is 2.59 bits per heavy atom. The van der Waals surface area contributed by atoms with E-state index < -0.39 is 21.9 Å². The number of rotatable bonds is 7. The molecule has 0 radical (unpaired) electrons. The average molecular weight is 521 g/mol. The molecule has 0 spiro atoms. The summed E-state index contributed by atoms with van der Waals surface area (Å²) in [7, 11) is -4.05. The SMILES string of the molecule is Cc1ncc(-c2cc(CCC(=O)[C@@H]3C4CC(C4)N3S(=O)(=O)c3cc4cc(F)ccc4o3)c(C)cn2)cn1. The van der Waals surface area contributed by atoms with Gasteiger partial charge in [-0.05, 0) is 74.4 Å². The van der Waals surface area contributed by atoms with E-state index in [1.54, 1.807) is 18.6 Å². The topological polar surface area (TPSA) is 106 Å². The Hall–Kier alpha value is -3.50. The van der Waals surface area contributed by atoms with Gasteiger partial charge in [-0.1, -0.05) is 0 Å². The van der Waals surface area contributed by atoms with Crippen molar-refractivity contribution in [1.29, 1.82) is 0 Å². The number of halogens is 1. The lowest BCUT2D eigenvalue weighted by atomic mass is 9.81. The quantitative estimate of drug-likeness (QED) is 0.356. The molecule has 1 saturated carbocycles. The predicted octanol–water partition coefficient (Wildman–Crippen LogP) is 4.39. The van der Waals surface area contributed by atoms with Crippen LogP contribution in [0.1, 0.15) is 36.2 Å². The monoisotopic (exact) mass is 520 g/mol. The number of furan rings is 1. The molecule has 8 nitrogen and oxygen atoms in total. The number of ketones is 1. The Morgan fingerprint density at radius 2 is 1.84 bits per heavy atom. The summed E-state index contributed by atoms with van der Waals surface area (Å²) in [6.07, 6.45) is 7.21. The Balaban J connectivity index is 1.22. The molecule has 2 bridgehead atoms. The number of nitrogens with zero attached hydrogens (tertiary/aromatic N) is 4. The number of hydrogen-bond donors (Lipinski definition) is 0. The number of carbonyl (C=O) groups excluding carboxylic acids is 1. The fourth-order valence-electron chi connectivity index (χ4n) is 5.43. The largest absolute Gasteiger partial charge is 0.443 e. The van der Waals surface area contributed by atoms with E-state index in [1.807, 2.05) is 19.9 Å². The minimum atomic E-state index is -4.05. The fraction of sp³-hybridized carbons (Fsp3) is 0.333. The van der Waals surface area contributed by atoms with Gasteiger partial charge in [0.25, 0.3) is 10.0 Å². The van der Waals surface area contributed by atoms with Gasteiger partial charge in [0.05, 0.1) is 11.7 Å². The van der Waals surface area contributed by atoms with Gasteiger partial charge in [-0.25, -0.2) is 22.8 Å². The van der Waals surface area contributed by atoms with Gasteiger partial charge in [0.2, 0.25) is 5.09 Å². The zero-order chi connectivity index (χ0) is 25.9. The van der Waals surface area contributed by atoms with E-state index in [9.17, 15) is 17.6 Å². The van der Waals surface area contributed by atoms with Crippen LogP contribution in [0.4, 0.5) is 4.39 Å². The summed E-state index contributed by atoms with van der Waals surface area (Å²) in [5, 5.41) is 0.115. The highest BCUT2D eigenvalue weighted by molar-refractivity contribution is 7.89. The summed E-state index contributed by atoms with van der Waals surface area (Å²) in [6, 6.07) is 6.20. The van der Waals surface area contributed by atoms with E-state index in [-0.39, 0.29) is 34.8 Å². The maximum Gasteiger partial charge on any atom is 0.277 e. The first kappa shape index (κ1) is 23.9. The van der Waals surface area contributed by atoms with Crippen molar-refractivity contribution in [1.82, 2.24) is 19.3 Å². The number of aromatic nitrogens is 3. The van der Waals surface area contributed by atoms with E-state index in [1.165, 1.54) is 28.6 Å². The molecule has 0 N–H and O–H groups in total. The molecule has 1 aliphatic carbocycles. The number of benzene rings is 1. The molecule has 5 heterocycles. The molecular formula is C27H25FN4O4S. The van der Waals surface area contributed by atoms with Crippen LogP contribution >= 0.6 is 0 Å². The Bertz CT molecular complexity index is 1630. The maximum absolute atomic E-state index is 13.6. The first-order valence-electron chi connectivity index (χ1n) is 12.2. The van der Waals surface area contributed by atoms with Crippen molar-refractivity contribution >= 4 is 26.8 Å². The molecule has 37 heavy (non-hydrogen) atoms. The lowest BCUT2D eigenvalue weighted by Gasteiger charge is -2.24. The fourth-order valence-corrected chi connectivity index (χ4v) is 7.26. The second-order valence-corrected chi connectivity index (χ2v) is 11.7. The molecule has 4 aromatic rings. The van der Waals surface area contributed by atoms with E-state index in [2.05, 4.69) is 15.0 Å². The molecular weight excluding hydrogens is 495 g/mol. The normalized spacial score (nSPS) is 21.3. The van der Waals surface area contributed by atoms with Crippen molar-refractivity contribution in [2.75, 3.05) is 0 Å². The number of sulfonamides is 1. The Morgan fingerprint density at radius 1 is 1.08 bits per heavy atom. The van der Waals surface area contributed by atoms with Gasteiger partial charge < -0.3 is 4.42 Å². The van der Waals surface area contributed by atoms with Gasteiger partial charge in [0, 0.05) is 48.1 Å². The summed E-state index contributed by atoms with van der Waals surface area (Å²) >= 11 is 0. The molecule has 3 fully saturated rings. The van der Waals surface area contributed by atoms with Gasteiger partial charge in [0.1, 0.15) is 17.2 Å². The number of hydrogen-bond acceptors (Lipinski definition) is 7. The number of aryl methyl sites for hydroxylation is 3. The van der Waals surface area contributed by atoms with Crippen LogP contribution in [0, 0.1) is 25.6 Å². The van der Waals surface area contributed by atoms with Crippen LogP contribution in [-0.4, -0.2) is 45.5 Å². The summed E-state index contributed by atoms with van der Waals surface area (Å²) in [4.78, 5) is 26.4. The molecule has 10 heteroatoms. The number of pyridine rings is 1. The maximum atomic E-state index is 13.6. The Labute approximate surface area is 213 Å². The first-order chi connectivity index (χ1) is 17.7. The molecule has 1 atom stereocenters. The second-order valence-electron chi connectivity index (χ2n) is 9.89. The van der Waals surface area contributed by atoms with Crippen LogP contribution in [0.15, 0.2) is 58.4 Å². The summed E-state index contributed by atoms with van der Waals surface area (Å²) in [5.41, 5.74) is 3.73. The van der Waals surface area contributed by atoms with Gasteiger partial charge >= 0.3 is 0 Å². The van der Waals surface area contributed by atoms with Crippen molar-refractivity contribution in [2.24, 2.45) is 5.92 Å². The van der Waals surface area contributed by atoms with Crippen molar-refractivity contribution in [3.63, 3.8) is 0 Å². The lowest BCUT2D eigenvalue weighted by Crippen LogP contribution is -2.41. The minimum absolute atomic E-state index is 0.00732. The molecule has 2 saturated heterocycles. The van der Waals surface area contributed by atoms with E-state index >= 15 is 0 Å².